The zero-order valence-electron chi connectivity index (χ0n) is 14.1. The summed E-state index contributed by atoms with van der Waals surface area (Å²) in [6, 6.07) is 4.98. The van der Waals surface area contributed by atoms with Crippen LogP contribution in [0.2, 0.25) is 0 Å². The van der Waals surface area contributed by atoms with Gasteiger partial charge in [0.1, 0.15) is 11.4 Å². The number of benzene rings is 1. The molecule has 1 atom stereocenters. The van der Waals surface area contributed by atoms with Crippen molar-refractivity contribution < 1.29 is 13.9 Å². The molecule has 23 heavy (non-hydrogen) atoms. The van der Waals surface area contributed by atoms with E-state index in [-0.39, 0.29) is 23.4 Å². The molecule has 1 aromatic carbocycles. The van der Waals surface area contributed by atoms with Crippen molar-refractivity contribution in [3.63, 3.8) is 0 Å². The Morgan fingerprint density at radius 3 is 2.61 bits per heavy atom. The molecule has 1 aliphatic heterocycles. The van der Waals surface area contributed by atoms with Gasteiger partial charge in [-0.05, 0) is 51.7 Å². The number of halogens is 1. The summed E-state index contributed by atoms with van der Waals surface area (Å²) >= 11 is 0. The molecule has 3 rings (SSSR count). The maximum absolute atomic E-state index is 14.1. The van der Waals surface area contributed by atoms with Crippen LogP contribution in [0, 0.1) is 5.82 Å². The van der Waals surface area contributed by atoms with E-state index in [1.54, 1.807) is 11.0 Å². The van der Waals surface area contributed by atoms with Crippen LogP contribution in [0.5, 0.6) is 0 Å². The van der Waals surface area contributed by atoms with Crippen molar-refractivity contribution in [2.24, 2.45) is 5.73 Å². The summed E-state index contributed by atoms with van der Waals surface area (Å²) in [5, 5.41) is 0. The summed E-state index contributed by atoms with van der Waals surface area (Å²) in [6.45, 7) is 6.84. The standard InChI is InChI=1S/C18H25FN2O2/c1-17(2,3)23-16(22)21-9-7-18(8-10-21)11-14(20)15-12(18)5-4-6-13(15)19/h4-6,14H,7-11,20H2,1-3H3/t14-/m1/s1. The minimum Gasteiger partial charge on any atom is -0.444 e. The van der Waals surface area contributed by atoms with Crippen LogP contribution in [0.25, 0.3) is 0 Å². The summed E-state index contributed by atoms with van der Waals surface area (Å²) in [5.41, 5.74) is 7.30. The van der Waals surface area contributed by atoms with Gasteiger partial charge in [0.15, 0.2) is 0 Å². The summed E-state index contributed by atoms with van der Waals surface area (Å²) in [6.07, 6.45) is 2.09. The van der Waals surface area contributed by atoms with Crippen LogP contribution in [-0.4, -0.2) is 29.7 Å². The van der Waals surface area contributed by atoms with Gasteiger partial charge < -0.3 is 15.4 Å². The molecule has 2 aliphatic rings. The third-order valence-electron chi connectivity index (χ3n) is 4.98. The summed E-state index contributed by atoms with van der Waals surface area (Å²) in [5.74, 6) is -0.207. The van der Waals surface area contributed by atoms with Crippen molar-refractivity contribution in [3.8, 4) is 0 Å². The molecule has 1 heterocycles. The van der Waals surface area contributed by atoms with Crippen LogP contribution in [0.4, 0.5) is 9.18 Å². The van der Waals surface area contributed by atoms with E-state index in [0.29, 0.717) is 18.7 Å². The number of carbonyl (C=O) groups excluding carboxylic acids is 1. The van der Waals surface area contributed by atoms with E-state index < -0.39 is 5.60 Å². The fourth-order valence-corrected chi connectivity index (χ4v) is 3.93. The normalized spacial score (nSPS) is 23.0. The van der Waals surface area contributed by atoms with Gasteiger partial charge in [-0.1, -0.05) is 12.1 Å². The number of ether oxygens (including phenoxy) is 1. The molecule has 4 nitrogen and oxygen atoms in total. The van der Waals surface area contributed by atoms with Crippen LogP contribution in [0.1, 0.15) is 57.2 Å². The highest BCUT2D eigenvalue weighted by molar-refractivity contribution is 5.68. The zero-order chi connectivity index (χ0) is 16.8. The van der Waals surface area contributed by atoms with Crippen molar-refractivity contribution >= 4 is 6.09 Å². The number of piperidine rings is 1. The van der Waals surface area contributed by atoms with Crippen LogP contribution in [0.3, 0.4) is 0 Å². The maximum atomic E-state index is 14.1. The molecule has 0 radical (unpaired) electrons. The molecular weight excluding hydrogens is 295 g/mol. The number of likely N-dealkylation sites (tertiary alicyclic amines) is 1. The van der Waals surface area contributed by atoms with E-state index in [0.717, 1.165) is 24.8 Å². The van der Waals surface area contributed by atoms with Crippen molar-refractivity contribution in [3.05, 3.63) is 35.1 Å². The Balaban J connectivity index is 1.75. The first-order valence-electron chi connectivity index (χ1n) is 8.24. The van der Waals surface area contributed by atoms with Crippen molar-refractivity contribution in [1.29, 1.82) is 0 Å². The number of nitrogens with two attached hydrogens (primary N) is 1. The third-order valence-corrected chi connectivity index (χ3v) is 4.98. The quantitative estimate of drug-likeness (QED) is 0.796. The lowest BCUT2D eigenvalue weighted by molar-refractivity contribution is 0.0162. The smallest absolute Gasteiger partial charge is 0.410 e. The van der Waals surface area contributed by atoms with Crippen molar-refractivity contribution in [1.82, 2.24) is 4.90 Å². The average molecular weight is 320 g/mol. The molecule has 0 bridgehead atoms. The van der Waals surface area contributed by atoms with E-state index >= 15 is 0 Å². The van der Waals surface area contributed by atoms with E-state index in [1.165, 1.54) is 6.07 Å². The largest absolute Gasteiger partial charge is 0.444 e. The Labute approximate surface area is 136 Å². The Morgan fingerprint density at radius 1 is 1.35 bits per heavy atom. The number of hydrogen-bond acceptors (Lipinski definition) is 3. The average Bonchev–Trinajstić information content (AvgIpc) is 2.72. The van der Waals surface area contributed by atoms with E-state index in [2.05, 4.69) is 0 Å². The van der Waals surface area contributed by atoms with Crippen LogP contribution in [0.15, 0.2) is 18.2 Å². The van der Waals surface area contributed by atoms with Gasteiger partial charge in [0.2, 0.25) is 0 Å². The Kier molecular flexibility index (Phi) is 3.87. The van der Waals surface area contributed by atoms with Crippen LogP contribution in [-0.2, 0) is 10.2 Å². The van der Waals surface area contributed by atoms with Crippen molar-refractivity contribution in [2.45, 2.75) is 57.1 Å². The highest BCUT2D eigenvalue weighted by Gasteiger charge is 2.46. The zero-order valence-corrected chi connectivity index (χ0v) is 14.1. The van der Waals surface area contributed by atoms with Gasteiger partial charge >= 0.3 is 6.09 Å². The topological polar surface area (TPSA) is 55.6 Å². The van der Waals surface area contributed by atoms with Crippen molar-refractivity contribution in [2.75, 3.05) is 13.1 Å². The SMILES string of the molecule is CC(C)(C)OC(=O)N1CCC2(CC1)C[C@@H](N)c1c(F)cccc12. The number of nitrogens with zero attached hydrogens (tertiary/aromatic N) is 1. The summed E-state index contributed by atoms with van der Waals surface area (Å²) in [4.78, 5) is 13.9. The molecule has 1 spiro atoms. The lowest BCUT2D eigenvalue weighted by atomic mass is 9.73. The van der Waals surface area contributed by atoms with Crippen LogP contribution < -0.4 is 5.73 Å². The predicted octanol–water partition coefficient (Wildman–Crippen LogP) is 3.50. The Bertz CT molecular complexity index is 616. The first kappa shape index (κ1) is 16.2. The highest BCUT2D eigenvalue weighted by Crippen LogP contribution is 2.50. The van der Waals surface area contributed by atoms with E-state index in [1.807, 2.05) is 26.8 Å². The van der Waals surface area contributed by atoms with Gasteiger partial charge in [-0.15, -0.1) is 0 Å². The van der Waals surface area contributed by atoms with Gasteiger partial charge in [0.25, 0.3) is 0 Å². The molecular formula is C18H25FN2O2. The van der Waals surface area contributed by atoms with Gasteiger partial charge in [-0.2, -0.15) is 0 Å². The van der Waals surface area contributed by atoms with E-state index in [9.17, 15) is 9.18 Å². The van der Waals surface area contributed by atoms with Gasteiger partial charge in [0.05, 0.1) is 0 Å². The lowest BCUT2D eigenvalue weighted by Gasteiger charge is -2.40. The number of carbonyl (C=O) groups is 1. The molecule has 1 aliphatic carbocycles. The second-order valence-corrected chi connectivity index (χ2v) is 7.76. The second-order valence-electron chi connectivity index (χ2n) is 7.76. The fourth-order valence-electron chi connectivity index (χ4n) is 3.93. The molecule has 0 aromatic heterocycles. The van der Waals surface area contributed by atoms with Gasteiger partial charge in [0, 0.05) is 30.1 Å². The number of fused-ring (bicyclic) bond motifs is 2. The monoisotopic (exact) mass is 320 g/mol. The molecule has 1 saturated heterocycles. The molecule has 1 fully saturated rings. The lowest BCUT2D eigenvalue weighted by Crippen LogP contribution is -2.46. The maximum Gasteiger partial charge on any atom is 0.410 e. The fraction of sp³-hybridized carbons (Fsp3) is 0.611. The Morgan fingerprint density at radius 2 is 2.00 bits per heavy atom. The molecule has 1 amide bonds. The summed E-state index contributed by atoms with van der Waals surface area (Å²) < 4.78 is 19.5. The number of amides is 1. The Hall–Kier alpha value is -1.62. The van der Waals surface area contributed by atoms with Crippen LogP contribution >= 0.6 is 0 Å². The molecule has 126 valence electrons. The summed E-state index contributed by atoms with van der Waals surface area (Å²) in [7, 11) is 0. The third kappa shape index (κ3) is 2.94. The van der Waals surface area contributed by atoms with Gasteiger partial charge in [-0.3, -0.25) is 0 Å². The predicted molar refractivity (Wildman–Crippen MR) is 86.7 cm³/mol. The number of rotatable bonds is 0. The molecule has 5 heteroatoms. The first-order valence-corrected chi connectivity index (χ1v) is 8.24. The minimum absolute atomic E-state index is 0.102. The first-order chi connectivity index (χ1) is 10.7. The molecule has 0 saturated carbocycles. The van der Waals surface area contributed by atoms with E-state index in [4.69, 9.17) is 10.5 Å². The molecule has 0 unspecified atom stereocenters. The molecule has 1 aromatic rings. The molecule has 2 N–H and O–H groups in total. The second kappa shape index (κ2) is 5.48. The minimum atomic E-state index is -0.488. The number of hydrogen-bond donors (Lipinski definition) is 1. The highest BCUT2D eigenvalue weighted by atomic mass is 19.1. The van der Waals surface area contributed by atoms with Gasteiger partial charge in [-0.25, -0.2) is 9.18 Å².